The van der Waals surface area contributed by atoms with Crippen LogP contribution >= 0.6 is 0 Å². The molecule has 0 N–H and O–H groups in total. The summed E-state index contributed by atoms with van der Waals surface area (Å²) in [7, 11) is 0. The van der Waals surface area contributed by atoms with Crippen molar-refractivity contribution in [3.63, 3.8) is 0 Å². The summed E-state index contributed by atoms with van der Waals surface area (Å²) in [4.78, 5) is 0. The molecule has 6 heavy (non-hydrogen) atoms. The third-order valence-electron chi connectivity index (χ3n) is 0.855. The van der Waals surface area contributed by atoms with Gasteiger partial charge in [0.05, 0.1) is 12.4 Å². The zero-order valence-corrected chi connectivity index (χ0v) is 3.61. The van der Waals surface area contributed by atoms with Crippen molar-refractivity contribution in [3.05, 3.63) is 12.3 Å². The average Bonchev–Trinajstić information content (AvgIpc) is 1.86. The van der Waals surface area contributed by atoms with E-state index in [-0.39, 0.29) is 0 Å². The van der Waals surface area contributed by atoms with Crippen LogP contribution in [-0.4, -0.2) is 6.61 Å². The lowest BCUT2D eigenvalue weighted by molar-refractivity contribution is 0.264. The Morgan fingerprint density at radius 1 is 1.67 bits per heavy atom. The summed E-state index contributed by atoms with van der Waals surface area (Å²) in [6.45, 7) is 6.05. The van der Waals surface area contributed by atoms with E-state index in [4.69, 9.17) is 11.3 Å². The molecule has 0 spiro atoms. The maximum Gasteiger partial charge on any atom is 0.0962 e. The van der Waals surface area contributed by atoms with Gasteiger partial charge >= 0.3 is 0 Å². The predicted octanol–water partition coefficient (Wildman–Crippen LogP) is 1.11. The third-order valence-corrected chi connectivity index (χ3v) is 0.855. The summed E-state index contributed by atoms with van der Waals surface area (Å²) in [5.74, 6) is 0.704. The minimum absolute atomic E-state index is 0.704. The largest absolute Gasteiger partial charge is 0.498 e. The molecule has 1 fully saturated rings. The molecule has 1 aliphatic heterocycles. The summed E-state index contributed by atoms with van der Waals surface area (Å²) in [6, 6.07) is 0. The van der Waals surface area contributed by atoms with Crippen molar-refractivity contribution in [2.45, 2.75) is 12.8 Å². The Bertz CT molecular complexity index is 58.3. The fraction of sp³-hybridized carbons (Fsp3) is 0.600. The van der Waals surface area contributed by atoms with Gasteiger partial charge in [0.1, 0.15) is 0 Å². The van der Waals surface area contributed by atoms with E-state index in [9.17, 15) is 0 Å². The summed E-state index contributed by atoms with van der Waals surface area (Å²) in [5, 5.41) is 0. The first-order valence-corrected chi connectivity index (χ1v) is 2.14. The van der Waals surface area contributed by atoms with Crippen molar-refractivity contribution in [1.82, 2.24) is 0 Å². The maximum atomic E-state index is 5.23. The van der Waals surface area contributed by atoms with E-state index in [1.54, 1.807) is 0 Å². The number of allylic oxidation sites excluding steroid dienone is 1. The van der Waals surface area contributed by atoms with Crippen molar-refractivity contribution >= 4 is 0 Å². The predicted molar refractivity (Wildman–Crippen MR) is 23.0 cm³/mol. The molecule has 0 aliphatic carbocycles. The Balaban J connectivity index is 2.37. The quantitative estimate of drug-likeness (QED) is 0.426. The molecule has 1 aliphatic rings. The molecule has 1 rings (SSSR count). The summed E-state index contributed by atoms with van der Waals surface area (Å²) >= 11 is 0. The highest BCUT2D eigenvalue weighted by molar-refractivity contribution is 4.82. The smallest absolute Gasteiger partial charge is 0.0962 e. The van der Waals surface area contributed by atoms with Gasteiger partial charge in [-0.3, -0.25) is 0 Å². The molecule has 0 aromatic rings. The summed E-state index contributed by atoms with van der Waals surface area (Å²) < 4.78 is 4.85. The van der Waals surface area contributed by atoms with Crippen molar-refractivity contribution in [3.8, 4) is 0 Å². The Hall–Kier alpha value is -0.460. The molecule has 33 valence electrons. The van der Waals surface area contributed by atoms with Crippen LogP contribution < -0.4 is 0 Å². The average molecular weight is 83.1 g/mol. The van der Waals surface area contributed by atoms with E-state index < -0.39 is 0 Å². The molecule has 0 unspecified atom stereocenters. The van der Waals surface area contributed by atoms with Crippen molar-refractivity contribution in [1.29, 1.82) is 0 Å². The zero-order chi connectivity index (χ0) is 4.41. The van der Waals surface area contributed by atoms with Crippen LogP contribution in [0.2, 0.25) is 0 Å². The van der Waals surface area contributed by atoms with E-state index in [0.29, 0.717) is 5.76 Å². The fourth-order valence-electron chi connectivity index (χ4n) is 0.522. The monoisotopic (exact) mass is 83.0 g/mol. The van der Waals surface area contributed by atoms with Gasteiger partial charge in [0.15, 0.2) is 0 Å². The molecule has 1 saturated heterocycles. The van der Waals surface area contributed by atoms with Crippen molar-refractivity contribution < 1.29 is 4.74 Å². The molecule has 0 aromatic carbocycles. The standard InChI is InChI=1S/C5H7O/c1-5-3-2-4-6-5/h1H,2-4H2. The topological polar surface area (TPSA) is 9.23 Å². The van der Waals surface area contributed by atoms with Gasteiger partial charge < -0.3 is 4.74 Å². The van der Waals surface area contributed by atoms with Gasteiger partial charge in [-0.25, -0.2) is 0 Å². The number of hydrogen-bond donors (Lipinski definition) is 0. The van der Waals surface area contributed by atoms with Gasteiger partial charge in [-0.05, 0) is 13.0 Å². The molecule has 0 bridgehead atoms. The van der Waals surface area contributed by atoms with Gasteiger partial charge in [-0.15, -0.1) is 0 Å². The maximum absolute atomic E-state index is 5.23. The van der Waals surface area contributed by atoms with Crippen LogP contribution in [0.5, 0.6) is 0 Å². The Morgan fingerprint density at radius 2 is 2.50 bits per heavy atom. The molecule has 0 amide bonds. The van der Waals surface area contributed by atoms with E-state index in [2.05, 4.69) is 0 Å². The molecule has 1 radical (unpaired) electrons. The molecule has 0 aromatic heterocycles. The lowest BCUT2D eigenvalue weighted by Gasteiger charge is -1.87. The lowest BCUT2D eigenvalue weighted by atomic mass is 10.3. The van der Waals surface area contributed by atoms with Crippen LogP contribution in [0.25, 0.3) is 0 Å². The van der Waals surface area contributed by atoms with Crippen molar-refractivity contribution in [2.75, 3.05) is 6.61 Å². The molecule has 1 nitrogen and oxygen atoms in total. The highest BCUT2D eigenvalue weighted by Gasteiger charge is 2.01. The third kappa shape index (κ3) is 0.534. The normalized spacial score (nSPS) is 21.0. The Kier molecular flexibility index (Phi) is 0.825. The van der Waals surface area contributed by atoms with Crippen LogP contribution in [0.4, 0.5) is 0 Å². The van der Waals surface area contributed by atoms with E-state index in [0.717, 1.165) is 19.4 Å². The molecule has 1 heterocycles. The molecule has 0 atom stereocenters. The molecular weight excluding hydrogens is 76.1 g/mol. The van der Waals surface area contributed by atoms with Gasteiger partial charge in [-0.1, -0.05) is 0 Å². The minimum Gasteiger partial charge on any atom is -0.498 e. The fourth-order valence-corrected chi connectivity index (χ4v) is 0.522. The van der Waals surface area contributed by atoms with Crippen LogP contribution in [0.3, 0.4) is 0 Å². The van der Waals surface area contributed by atoms with Crippen LogP contribution in [0, 0.1) is 6.58 Å². The number of rotatable bonds is 0. The van der Waals surface area contributed by atoms with Crippen LogP contribution in [0.1, 0.15) is 12.8 Å². The van der Waals surface area contributed by atoms with E-state index in [1.165, 1.54) is 0 Å². The summed E-state index contributed by atoms with van der Waals surface area (Å²) in [6.07, 6.45) is 2.06. The van der Waals surface area contributed by atoms with Gasteiger partial charge in [-0.2, -0.15) is 0 Å². The lowest BCUT2D eigenvalue weighted by Crippen LogP contribution is -1.72. The van der Waals surface area contributed by atoms with Crippen LogP contribution in [-0.2, 0) is 4.74 Å². The second-order valence-electron chi connectivity index (χ2n) is 1.42. The van der Waals surface area contributed by atoms with Gasteiger partial charge in [0.2, 0.25) is 0 Å². The first-order chi connectivity index (χ1) is 2.89. The number of ether oxygens (including phenoxy) is 1. The Labute approximate surface area is 37.6 Å². The summed E-state index contributed by atoms with van der Waals surface area (Å²) in [5.41, 5.74) is 0. The highest BCUT2D eigenvalue weighted by Crippen LogP contribution is 2.11. The Morgan fingerprint density at radius 3 is 2.67 bits per heavy atom. The second-order valence-corrected chi connectivity index (χ2v) is 1.42. The van der Waals surface area contributed by atoms with E-state index >= 15 is 0 Å². The first-order valence-electron chi connectivity index (χ1n) is 2.14. The number of hydrogen-bond acceptors (Lipinski definition) is 1. The van der Waals surface area contributed by atoms with Gasteiger partial charge in [0.25, 0.3) is 0 Å². The highest BCUT2D eigenvalue weighted by atomic mass is 16.5. The van der Waals surface area contributed by atoms with Crippen LogP contribution in [0.15, 0.2) is 5.76 Å². The molecule has 1 heteroatoms. The molecule has 0 saturated carbocycles. The minimum atomic E-state index is 0.704. The SMILES string of the molecule is [CH]=C1CCCO1. The van der Waals surface area contributed by atoms with Gasteiger partial charge in [0, 0.05) is 6.42 Å². The zero-order valence-electron chi connectivity index (χ0n) is 3.61. The van der Waals surface area contributed by atoms with Crippen molar-refractivity contribution in [2.24, 2.45) is 0 Å². The van der Waals surface area contributed by atoms with E-state index in [1.807, 2.05) is 0 Å². The second kappa shape index (κ2) is 1.33. The first kappa shape index (κ1) is 3.72. The molecular formula is C5H7O.